The van der Waals surface area contributed by atoms with E-state index in [0.717, 1.165) is 11.3 Å². The highest BCUT2D eigenvalue weighted by Crippen LogP contribution is 2.28. The van der Waals surface area contributed by atoms with E-state index >= 15 is 0 Å². The van der Waals surface area contributed by atoms with Gasteiger partial charge in [0.1, 0.15) is 17.2 Å². The maximum absolute atomic E-state index is 12.1. The van der Waals surface area contributed by atoms with E-state index in [4.69, 9.17) is 14.2 Å². The molecule has 0 fully saturated rings. The van der Waals surface area contributed by atoms with Crippen LogP contribution in [0.5, 0.6) is 17.2 Å². The molecule has 2 aromatic rings. The minimum absolute atomic E-state index is 0.312. The van der Waals surface area contributed by atoms with E-state index in [-0.39, 0.29) is 0 Å². The number of methoxy groups -OCH3 is 3. The lowest BCUT2D eigenvalue weighted by molar-refractivity contribution is -0.136. The number of para-hydroxylation sites is 1. The van der Waals surface area contributed by atoms with E-state index in [1.165, 1.54) is 14.2 Å². The zero-order chi connectivity index (χ0) is 18.9. The monoisotopic (exact) mass is 358 g/mol. The van der Waals surface area contributed by atoms with Gasteiger partial charge in [0.15, 0.2) is 0 Å². The highest BCUT2D eigenvalue weighted by Gasteiger charge is 2.16. The van der Waals surface area contributed by atoms with Crippen LogP contribution in [0.1, 0.15) is 5.56 Å². The number of ether oxygens (including phenoxy) is 3. The highest BCUT2D eigenvalue weighted by molar-refractivity contribution is 6.39. The lowest BCUT2D eigenvalue weighted by Gasteiger charge is -2.12. The van der Waals surface area contributed by atoms with Gasteiger partial charge in [-0.1, -0.05) is 18.2 Å². The summed E-state index contributed by atoms with van der Waals surface area (Å²) in [5.41, 5.74) is 1.34. The second kappa shape index (κ2) is 9.31. The zero-order valence-electron chi connectivity index (χ0n) is 15.0. The summed E-state index contributed by atoms with van der Waals surface area (Å²) in [4.78, 5) is 24.1. The molecule has 26 heavy (non-hydrogen) atoms. The fourth-order valence-corrected chi connectivity index (χ4v) is 2.38. The summed E-state index contributed by atoms with van der Waals surface area (Å²) in [5.74, 6) is 0.237. The molecule has 7 nitrogen and oxygen atoms in total. The fraction of sp³-hybridized carbons (Fsp3) is 0.263. The number of amides is 2. The molecule has 2 amide bonds. The highest BCUT2D eigenvalue weighted by atomic mass is 16.5. The van der Waals surface area contributed by atoms with Crippen LogP contribution in [0, 0.1) is 0 Å². The summed E-state index contributed by atoms with van der Waals surface area (Å²) < 4.78 is 15.5. The van der Waals surface area contributed by atoms with Gasteiger partial charge in [-0.2, -0.15) is 0 Å². The predicted octanol–water partition coefficient (Wildman–Crippen LogP) is 2.01. The van der Waals surface area contributed by atoms with Crippen LogP contribution in [0.25, 0.3) is 0 Å². The number of hydrogen-bond donors (Lipinski definition) is 2. The van der Waals surface area contributed by atoms with Crippen molar-refractivity contribution in [1.82, 2.24) is 5.32 Å². The Bertz CT molecular complexity index is 776. The molecule has 0 unspecified atom stereocenters. The Morgan fingerprint density at radius 3 is 2.31 bits per heavy atom. The van der Waals surface area contributed by atoms with Crippen molar-refractivity contribution in [1.29, 1.82) is 0 Å². The maximum Gasteiger partial charge on any atom is 0.313 e. The Morgan fingerprint density at radius 2 is 1.62 bits per heavy atom. The molecule has 0 aliphatic carbocycles. The van der Waals surface area contributed by atoms with Gasteiger partial charge in [-0.25, -0.2) is 0 Å². The van der Waals surface area contributed by atoms with Gasteiger partial charge in [0.05, 0.1) is 27.0 Å². The molecule has 2 rings (SSSR count). The minimum Gasteiger partial charge on any atom is -0.497 e. The summed E-state index contributed by atoms with van der Waals surface area (Å²) in [6.07, 6.45) is 0.550. The molecule has 7 heteroatoms. The van der Waals surface area contributed by atoms with E-state index < -0.39 is 11.8 Å². The van der Waals surface area contributed by atoms with Gasteiger partial charge in [0.25, 0.3) is 0 Å². The lowest BCUT2D eigenvalue weighted by atomic mass is 10.1. The van der Waals surface area contributed by atoms with E-state index in [0.29, 0.717) is 30.2 Å². The Kier molecular flexibility index (Phi) is 6.84. The van der Waals surface area contributed by atoms with Crippen molar-refractivity contribution < 1.29 is 23.8 Å². The third kappa shape index (κ3) is 4.89. The van der Waals surface area contributed by atoms with Crippen LogP contribution >= 0.6 is 0 Å². The van der Waals surface area contributed by atoms with Crippen LogP contribution in [0.3, 0.4) is 0 Å². The lowest BCUT2D eigenvalue weighted by Crippen LogP contribution is -2.36. The van der Waals surface area contributed by atoms with Crippen molar-refractivity contribution in [3.8, 4) is 17.2 Å². The molecular weight excluding hydrogens is 336 g/mol. The van der Waals surface area contributed by atoms with Crippen LogP contribution < -0.4 is 24.8 Å². The van der Waals surface area contributed by atoms with Crippen LogP contribution in [0.4, 0.5) is 5.69 Å². The molecule has 2 N–H and O–H groups in total. The minimum atomic E-state index is -0.770. The van der Waals surface area contributed by atoms with E-state index in [1.54, 1.807) is 25.3 Å². The van der Waals surface area contributed by atoms with Gasteiger partial charge in [-0.15, -0.1) is 0 Å². The van der Waals surface area contributed by atoms with Gasteiger partial charge in [0.2, 0.25) is 0 Å². The summed E-state index contributed by atoms with van der Waals surface area (Å²) in [5, 5.41) is 5.12. The van der Waals surface area contributed by atoms with Gasteiger partial charge in [0, 0.05) is 12.6 Å². The number of rotatable bonds is 7. The summed E-state index contributed by atoms with van der Waals surface area (Å²) in [7, 11) is 4.59. The first-order chi connectivity index (χ1) is 12.6. The first kappa shape index (κ1) is 19.1. The number of benzene rings is 2. The summed E-state index contributed by atoms with van der Waals surface area (Å²) in [6, 6.07) is 12.4. The van der Waals surface area contributed by atoms with Crippen LogP contribution in [-0.4, -0.2) is 39.7 Å². The first-order valence-corrected chi connectivity index (χ1v) is 8.02. The van der Waals surface area contributed by atoms with E-state index in [2.05, 4.69) is 10.6 Å². The second-order valence-corrected chi connectivity index (χ2v) is 5.34. The average Bonchev–Trinajstić information content (AvgIpc) is 2.68. The normalized spacial score (nSPS) is 9.96. The Hall–Kier alpha value is -3.22. The van der Waals surface area contributed by atoms with Crippen molar-refractivity contribution >= 4 is 17.5 Å². The van der Waals surface area contributed by atoms with Gasteiger partial charge >= 0.3 is 11.8 Å². The van der Waals surface area contributed by atoms with Crippen LogP contribution in [0.2, 0.25) is 0 Å². The third-order valence-electron chi connectivity index (χ3n) is 3.74. The van der Waals surface area contributed by atoms with E-state index in [1.807, 2.05) is 24.3 Å². The fourth-order valence-electron chi connectivity index (χ4n) is 2.38. The second-order valence-electron chi connectivity index (χ2n) is 5.34. The Morgan fingerprint density at radius 1 is 0.885 bits per heavy atom. The largest absolute Gasteiger partial charge is 0.497 e. The summed E-state index contributed by atoms with van der Waals surface area (Å²) >= 11 is 0. The molecule has 0 bridgehead atoms. The zero-order valence-corrected chi connectivity index (χ0v) is 15.0. The number of anilines is 1. The van der Waals surface area contributed by atoms with Crippen LogP contribution in [-0.2, 0) is 16.0 Å². The molecule has 0 atom stereocenters. The van der Waals surface area contributed by atoms with Crippen molar-refractivity contribution in [2.75, 3.05) is 33.2 Å². The van der Waals surface area contributed by atoms with Gasteiger partial charge < -0.3 is 24.8 Å². The number of hydrogen-bond acceptors (Lipinski definition) is 5. The maximum atomic E-state index is 12.1. The molecule has 0 aromatic heterocycles. The standard InChI is InChI=1S/C19H22N2O5/c1-24-14-8-9-15(17(12-14)26-3)21-19(23)18(22)20-11-10-13-6-4-5-7-16(13)25-2/h4-9,12H,10-11H2,1-3H3,(H,20,22)(H,21,23). The molecule has 0 heterocycles. The molecule has 2 aromatic carbocycles. The first-order valence-electron chi connectivity index (χ1n) is 8.02. The number of carbonyl (C=O) groups excluding carboxylic acids is 2. The van der Waals surface area contributed by atoms with Crippen molar-refractivity contribution in [3.63, 3.8) is 0 Å². The van der Waals surface area contributed by atoms with Crippen LogP contribution in [0.15, 0.2) is 42.5 Å². The van der Waals surface area contributed by atoms with Gasteiger partial charge in [-0.05, 0) is 30.2 Å². The SMILES string of the molecule is COc1ccc(NC(=O)C(=O)NCCc2ccccc2OC)c(OC)c1. The molecule has 138 valence electrons. The van der Waals surface area contributed by atoms with E-state index in [9.17, 15) is 9.59 Å². The molecular formula is C19H22N2O5. The topological polar surface area (TPSA) is 85.9 Å². The average molecular weight is 358 g/mol. The number of carbonyl (C=O) groups is 2. The molecule has 0 aliphatic rings. The smallest absolute Gasteiger partial charge is 0.313 e. The van der Waals surface area contributed by atoms with Gasteiger partial charge in [-0.3, -0.25) is 9.59 Å². The Labute approximate surface area is 152 Å². The third-order valence-corrected chi connectivity index (χ3v) is 3.74. The van der Waals surface area contributed by atoms with Crippen molar-refractivity contribution in [2.24, 2.45) is 0 Å². The van der Waals surface area contributed by atoms with Crippen molar-refractivity contribution in [3.05, 3.63) is 48.0 Å². The summed E-state index contributed by atoms with van der Waals surface area (Å²) in [6.45, 7) is 0.312. The molecule has 0 saturated heterocycles. The number of nitrogens with one attached hydrogen (secondary N) is 2. The molecule has 0 saturated carbocycles. The quantitative estimate of drug-likeness (QED) is 0.740. The Balaban J connectivity index is 1.91. The molecule has 0 spiro atoms. The van der Waals surface area contributed by atoms with Crippen molar-refractivity contribution in [2.45, 2.75) is 6.42 Å². The molecule has 0 aliphatic heterocycles. The predicted molar refractivity (Wildman–Crippen MR) is 97.9 cm³/mol. The molecule has 0 radical (unpaired) electrons.